The number of anilines is 2. The molecule has 2 aromatic heterocycles. The highest BCUT2D eigenvalue weighted by atomic mass is 19.1. The molecule has 7 heteroatoms. The van der Waals surface area contributed by atoms with Crippen molar-refractivity contribution in [1.29, 1.82) is 0 Å². The minimum absolute atomic E-state index is 0.267. The summed E-state index contributed by atoms with van der Waals surface area (Å²) in [4.78, 5) is 20.1. The van der Waals surface area contributed by atoms with Gasteiger partial charge >= 0.3 is 0 Å². The maximum absolute atomic E-state index is 14.5. The second kappa shape index (κ2) is 7.44. The molecular weight excluding hydrogens is 355 g/mol. The number of aliphatic imine (C=N–C) groups is 1. The van der Waals surface area contributed by atoms with Gasteiger partial charge < -0.3 is 10.6 Å². The number of hydrogen-bond donors (Lipinski definition) is 1. The van der Waals surface area contributed by atoms with Crippen molar-refractivity contribution in [2.75, 3.05) is 18.5 Å². The first-order valence-corrected chi connectivity index (χ1v) is 9.14. The van der Waals surface area contributed by atoms with Gasteiger partial charge in [-0.05, 0) is 43.1 Å². The molecule has 28 heavy (non-hydrogen) atoms. The molecular formula is C21H21FN6. The summed E-state index contributed by atoms with van der Waals surface area (Å²) in [5.74, 6) is 1.19. The second-order valence-electron chi connectivity index (χ2n) is 6.71. The molecule has 0 unspecified atom stereocenters. The summed E-state index contributed by atoms with van der Waals surface area (Å²) >= 11 is 0. The molecule has 1 aliphatic heterocycles. The fourth-order valence-electron chi connectivity index (χ4n) is 3.35. The lowest BCUT2D eigenvalue weighted by molar-refractivity contribution is 0.616. The van der Waals surface area contributed by atoms with Gasteiger partial charge in [0.1, 0.15) is 17.3 Å². The fraction of sp³-hybridized carbons (Fsp3) is 0.238. The van der Waals surface area contributed by atoms with E-state index in [2.05, 4.69) is 15.0 Å². The Bertz CT molecular complexity index is 1060. The maximum Gasteiger partial charge on any atom is 0.152 e. The van der Waals surface area contributed by atoms with Gasteiger partial charge in [0, 0.05) is 18.8 Å². The average Bonchev–Trinajstić information content (AvgIpc) is 3.13. The first-order valence-electron chi connectivity index (χ1n) is 9.14. The molecule has 4 rings (SSSR count). The molecule has 1 aliphatic rings. The van der Waals surface area contributed by atoms with Crippen LogP contribution in [0.25, 0.3) is 0 Å². The van der Waals surface area contributed by atoms with Crippen LogP contribution in [0.2, 0.25) is 0 Å². The quantitative estimate of drug-likeness (QED) is 0.741. The Kier molecular flexibility index (Phi) is 4.83. The third-order valence-corrected chi connectivity index (χ3v) is 4.83. The van der Waals surface area contributed by atoms with Crippen LogP contribution in [0.4, 0.5) is 16.0 Å². The van der Waals surface area contributed by atoms with Crippen molar-refractivity contribution in [3.8, 4) is 0 Å². The summed E-state index contributed by atoms with van der Waals surface area (Å²) in [5, 5.41) is 0. The van der Waals surface area contributed by atoms with E-state index >= 15 is 0 Å². The Morgan fingerprint density at radius 1 is 1.18 bits per heavy atom. The van der Waals surface area contributed by atoms with Crippen LogP contribution >= 0.6 is 0 Å². The first kappa shape index (κ1) is 18.2. The molecule has 3 heterocycles. The van der Waals surface area contributed by atoms with Crippen LogP contribution < -0.4 is 10.6 Å². The summed E-state index contributed by atoms with van der Waals surface area (Å²) in [6.45, 7) is 2.66. The van der Waals surface area contributed by atoms with E-state index in [9.17, 15) is 4.39 Å². The molecule has 1 aromatic carbocycles. The Hall–Kier alpha value is -3.19. The molecule has 0 saturated heterocycles. The zero-order chi connectivity index (χ0) is 19.7. The molecule has 0 radical (unpaired) electrons. The molecule has 0 bridgehead atoms. The van der Waals surface area contributed by atoms with Crippen LogP contribution in [-0.2, 0) is 13.0 Å². The van der Waals surface area contributed by atoms with Gasteiger partial charge in [0.15, 0.2) is 5.82 Å². The van der Waals surface area contributed by atoms with Crippen molar-refractivity contribution >= 4 is 17.3 Å². The highest BCUT2D eigenvalue weighted by molar-refractivity contribution is 6.13. The molecule has 142 valence electrons. The van der Waals surface area contributed by atoms with Crippen molar-refractivity contribution in [3.05, 3.63) is 76.6 Å². The molecule has 3 aromatic rings. The number of aromatic nitrogens is 3. The molecule has 6 nitrogen and oxygen atoms in total. The van der Waals surface area contributed by atoms with Gasteiger partial charge in [-0.3, -0.25) is 4.99 Å². The summed E-state index contributed by atoms with van der Waals surface area (Å²) in [5.41, 5.74) is 9.73. The highest BCUT2D eigenvalue weighted by Crippen LogP contribution is 2.27. The van der Waals surface area contributed by atoms with Gasteiger partial charge in [0.05, 0.1) is 24.1 Å². The van der Waals surface area contributed by atoms with E-state index < -0.39 is 0 Å². The van der Waals surface area contributed by atoms with Gasteiger partial charge in [-0.2, -0.15) is 0 Å². The monoisotopic (exact) mass is 376 g/mol. The smallest absolute Gasteiger partial charge is 0.152 e. The van der Waals surface area contributed by atoms with E-state index in [1.807, 2.05) is 30.1 Å². The maximum atomic E-state index is 14.5. The van der Waals surface area contributed by atoms with E-state index in [0.29, 0.717) is 41.4 Å². The number of fused-ring (bicyclic) bond motifs is 1. The van der Waals surface area contributed by atoms with Crippen molar-refractivity contribution in [2.45, 2.75) is 19.9 Å². The summed E-state index contributed by atoms with van der Waals surface area (Å²) in [6.07, 6.45) is 4.15. The minimum atomic E-state index is -0.267. The van der Waals surface area contributed by atoms with Crippen molar-refractivity contribution in [1.82, 2.24) is 15.0 Å². The van der Waals surface area contributed by atoms with E-state index in [1.165, 1.54) is 0 Å². The number of nitrogens with two attached hydrogens (primary N) is 1. The predicted molar refractivity (Wildman–Crippen MR) is 108 cm³/mol. The average molecular weight is 376 g/mol. The van der Waals surface area contributed by atoms with Crippen LogP contribution in [0.5, 0.6) is 0 Å². The third-order valence-electron chi connectivity index (χ3n) is 4.83. The minimum Gasteiger partial charge on any atom is -0.330 e. The summed E-state index contributed by atoms with van der Waals surface area (Å²) in [6, 6.07) is 9.20. The lowest BCUT2D eigenvalue weighted by Gasteiger charge is -2.20. The molecule has 0 saturated carbocycles. The SMILES string of the molecule is Cc1cccc(C2=NCc3nc(N(C)c4ncccc4CCN)cnc32)c1F. The van der Waals surface area contributed by atoms with Gasteiger partial charge in [-0.25, -0.2) is 19.3 Å². The Balaban J connectivity index is 1.68. The van der Waals surface area contributed by atoms with Gasteiger partial charge in [-0.15, -0.1) is 0 Å². The molecule has 0 spiro atoms. The molecule has 0 atom stereocenters. The number of hydrogen-bond acceptors (Lipinski definition) is 6. The highest BCUT2D eigenvalue weighted by Gasteiger charge is 2.24. The van der Waals surface area contributed by atoms with E-state index in [0.717, 1.165) is 23.5 Å². The Morgan fingerprint density at radius 3 is 2.86 bits per heavy atom. The Morgan fingerprint density at radius 2 is 2.04 bits per heavy atom. The van der Waals surface area contributed by atoms with Crippen LogP contribution in [0.3, 0.4) is 0 Å². The number of benzene rings is 1. The van der Waals surface area contributed by atoms with Crippen molar-refractivity contribution in [2.24, 2.45) is 10.7 Å². The predicted octanol–water partition coefficient (Wildman–Crippen LogP) is 2.94. The van der Waals surface area contributed by atoms with Crippen molar-refractivity contribution < 1.29 is 4.39 Å². The molecule has 0 aliphatic carbocycles. The normalized spacial score (nSPS) is 12.6. The zero-order valence-corrected chi connectivity index (χ0v) is 15.9. The van der Waals surface area contributed by atoms with Crippen LogP contribution in [0, 0.1) is 12.7 Å². The Labute approximate surface area is 163 Å². The van der Waals surface area contributed by atoms with Gasteiger partial charge in [0.2, 0.25) is 0 Å². The topological polar surface area (TPSA) is 80.3 Å². The second-order valence-corrected chi connectivity index (χ2v) is 6.71. The number of halogens is 1. The fourth-order valence-corrected chi connectivity index (χ4v) is 3.35. The van der Waals surface area contributed by atoms with Crippen molar-refractivity contribution in [3.63, 3.8) is 0 Å². The van der Waals surface area contributed by atoms with Crippen LogP contribution in [0.15, 0.2) is 47.7 Å². The summed E-state index contributed by atoms with van der Waals surface area (Å²) < 4.78 is 14.5. The van der Waals surface area contributed by atoms with Crippen LogP contribution in [-0.4, -0.2) is 34.3 Å². The molecule has 0 fully saturated rings. The molecule has 2 N–H and O–H groups in total. The lowest BCUT2D eigenvalue weighted by atomic mass is 10.0. The first-order chi connectivity index (χ1) is 13.6. The zero-order valence-electron chi connectivity index (χ0n) is 15.9. The number of pyridine rings is 1. The van der Waals surface area contributed by atoms with E-state index in [4.69, 9.17) is 10.7 Å². The van der Waals surface area contributed by atoms with E-state index in [1.54, 1.807) is 31.5 Å². The van der Waals surface area contributed by atoms with E-state index in [-0.39, 0.29) is 5.82 Å². The largest absolute Gasteiger partial charge is 0.330 e. The number of aryl methyl sites for hydroxylation is 1. The third kappa shape index (κ3) is 3.14. The molecule has 0 amide bonds. The van der Waals surface area contributed by atoms with Gasteiger partial charge in [0.25, 0.3) is 0 Å². The number of rotatable bonds is 5. The lowest BCUT2D eigenvalue weighted by Crippen LogP contribution is -2.18. The number of nitrogens with zero attached hydrogens (tertiary/aromatic N) is 5. The van der Waals surface area contributed by atoms with Gasteiger partial charge in [-0.1, -0.05) is 18.2 Å². The summed E-state index contributed by atoms with van der Waals surface area (Å²) in [7, 11) is 1.90. The standard InChI is InChI=1S/C21H21FN6/c1-13-5-3-7-15(18(13)22)19-20-16(11-25-19)27-17(12-26-20)28(2)21-14(8-9-23)6-4-10-24-21/h3-7,10,12H,8-9,11,23H2,1-2H3. The van der Waals surface area contributed by atoms with Crippen LogP contribution in [0.1, 0.15) is 28.1 Å².